The minimum Gasteiger partial charge on any atom is -0.457 e. The van der Waals surface area contributed by atoms with Crippen LogP contribution in [0, 0.1) is 5.92 Å². The molecule has 2 aliphatic rings. The van der Waals surface area contributed by atoms with Crippen LogP contribution in [0.25, 0.3) is 0 Å². The first-order chi connectivity index (χ1) is 18.7. The Labute approximate surface area is 232 Å². The van der Waals surface area contributed by atoms with Gasteiger partial charge in [0.05, 0.1) is 30.5 Å². The summed E-state index contributed by atoms with van der Waals surface area (Å²) in [7, 11) is 0. The van der Waals surface area contributed by atoms with Crippen molar-refractivity contribution in [2.75, 3.05) is 13.2 Å². The van der Waals surface area contributed by atoms with Crippen LogP contribution in [0.5, 0.6) is 11.5 Å². The highest BCUT2D eigenvalue weighted by Crippen LogP contribution is 2.36. The molecule has 0 aromatic heterocycles. The lowest BCUT2D eigenvalue weighted by Crippen LogP contribution is -2.50. The van der Waals surface area contributed by atoms with E-state index in [4.69, 9.17) is 20.2 Å². The minimum atomic E-state index is -0.429. The first-order valence-corrected chi connectivity index (χ1v) is 14.2. The molecule has 212 valence electrons. The fraction of sp³-hybridized carbons (Fsp3) is 0.548. The second-order valence-electron chi connectivity index (χ2n) is 11.7. The van der Waals surface area contributed by atoms with E-state index in [0.717, 1.165) is 35.6 Å². The molecule has 1 aliphatic carbocycles. The molecule has 4 rings (SSSR count). The number of amides is 1. The number of benzene rings is 2. The lowest BCUT2D eigenvalue weighted by atomic mass is 9.81. The molecular weight excluding hydrogens is 492 g/mol. The molecule has 2 aromatic rings. The average Bonchev–Trinajstić information content (AvgIpc) is 2.92. The lowest BCUT2D eigenvalue weighted by molar-refractivity contribution is -0.123. The number of carbonyl (C=O) groups is 1. The summed E-state index contributed by atoms with van der Waals surface area (Å²) in [6.07, 6.45) is 6.91. The highest BCUT2D eigenvalue weighted by molar-refractivity contribution is 5.84. The summed E-state index contributed by atoms with van der Waals surface area (Å²) in [6.45, 7) is 6.60. The number of fused-ring (bicyclic) bond motifs is 1. The van der Waals surface area contributed by atoms with E-state index in [1.54, 1.807) is 0 Å². The zero-order valence-electron chi connectivity index (χ0n) is 23.6. The van der Waals surface area contributed by atoms with Crippen LogP contribution >= 0.6 is 0 Å². The van der Waals surface area contributed by atoms with E-state index in [0.29, 0.717) is 31.3 Å². The summed E-state index contributed by atoms with van der Waals surface area (Å²) in [5.41, 5.74) is 8.12. The standard InChI is InChI=1S/C31H44N4O4/c1-31(2,3)38-21-24(20-36)33-29(37)17-16-28(22-10-6-4-7-11-22)35-19-23-18-26(14-15-27(23)34-30(35)32)39-25-12-8-5-9-13-25/h5,8-9,12-15,18,22,24,28,36H,4,6-7,10-11,16-17,19-21H2,1-3H3,(H2,32,34)(H,33,37). The molecule has 8 nitrogen and oxygen atoms in total. The maximum atomic E-state index is 12.9. The maximum Gasteiger partial charge on any atom is 0.220 e. The number of hydrogen-bond acceptors (Lipinski definition) is 7. The van der Waals surface area contributed by atoms with Gasteiger partial charge in [0, 0.05) is 24.6 Å². The Bertz CT molecular complexity index is 1110. The van der Waals surface area contributed by atoms with Crippen LogP contribution in [0.3, 0.4) is 0 Å². The van der Waals surface area contributed by atoms with E-state index in [1.165, 1.54) is 19.3 Å². The van der Waals surface area contributed by atoms with Gasteiger partial charge in [-0.15, -0.1) is 0 Å². The number of nitrogens with two attached hydrogens (primary N) is 1. The molecule has 8 heteroatoms. The highest BCUT2D eigenvalue weighted by Gasteiger charge is 2.33. The molecule has 0 saturated heterocycles. The molecule has 0 radical (unpaired) electrons. The molecule has 0 bridgehead atoms. The second kappa shape index (κ2) is 13.3. The Morgan fingerprint density at radius 2 is 1.87 bits per heavy atom. The molecule has 1 aliphatic heterocycles. The zero-order valence-corrected chi connectivity index (χ0v) is 23.6. The van der Waals surface area contributed by atoms with E-state index in [9.17, 15) is 9.90 Å². The molecular formula is C31H44N4O4. The third-order valence-electron chi connectivity index (χ3n) is 7.46. The van der Waals surface area contributed by atoms with Crippen molar-refractivity contribution in [1.82, 2.24) is 10.2 Å². The van der Waals surface area contributed by atoms with Gasteiger partial charge in [-0.25, -0.2) is 4.99 Å². The first-order valence-electron chi connectivity index (χ1n) is 14.2. The number of para-hydroxylation sites is 1. The van der Waals surface area contributed by atoms with Gasteiger partial charge in [0.25, 0.3) is 0 Å². The van der Waals surface area contributed by atoms with Gasteiger partial charge in [0.15, 0.2) is 5.96 Å². The number of ether oxygens (including phenoxy) is 2. The molecule has 1 heterocycles. The third-order valence-corrected chi connectivity index (χ3v) is 7.46. The molecule has 1 amide bonds. The van der Waals surface area contributed by atoms with Crippen LogP contribution in [0.1, 0.15) is 71.3 Å². The van der Waals surface area contributed by atoms with Crippen molar-refractivity contribution in [3.63, 3.8) is 0 Å². The average molecular weight is 537 g/mol. The minimum absolute atomic E-state index is 0.0844. The van der Waals surface area contributed by atoms with Crippen molar-refractivity contribution < 1.29 is 19.4 Å². The van der Waals surface area contributed by atoms with Crippen molar-refractivity contribution in [1.29, 1.82) is 0 Å². The van der Waals surface area contributed by atoms with Crippen molar-refractivity contribution in [2.24, 2.45) is 16.6 Å². The van der Waals surface area contributed by atoms with Crippen molar-refractivity contribution >= 4 is 17.6 Å². The van der Waals surface area contributed by atoms with Crippen LogP contribution in [0.2, 0.25) is 0 Å². The van der Waals surface area contributed by atoms with Crippen LogP contribution in [0.15, 0.2) is 53.5 Å². The SMILES string of the molecule is CC(C)(C)OCC(CO)NC(=O)CCC(C1CCCCC1)N1Cc2cc(Oc3ccccc3)ccc2N=C1N. The number of nitrogens with zero attached hydrogens (tertiary/aromatic N) is 2. The van der Waals surface area contributed by atoms with Gasteiger partial charge in [-0.05, 0) is 76.3 Å². The first kappa shape index (κ1) is 28.9. The monoisotopic (exact) mass is 536 g/mol. The summed E-state index contributed by atoms with van der Waals surface area (Å²) in [5, 5.41) is 12.7. The lowest BCUT2D eigenvalue weighted by Gasteiger charge is -2.41. The predicted octanol–water partition coefficient (Wildman–Crippen LogP) is 5.26. The van der Waals surface area contributed by atoms with Gasteiger partial charge in [0.1, 0.15) is 11.5 Å². The number of aliphatic hydroxyl groups is 1. The largest absolute Gasteiger partial charge is 0.457 e. The van der Waals surface area contributed by atoms with Crippen LogP contribution in [-0.4, -0.2) is 52.8 Å². The molecule has 1 fully saturated rings. The number of rotatable bonds is 11. The summed E-state index contributed by atoms with van der Waals surface area (Å²) in [4.78, 5) is 19.9. The van der Waals surface area contributed by atoms with Crippen LogP contribution in [0.4, 0.5) is 5.69 Å². The fourth-order valence-corrected chi connectivity index (χ4v) is 5.46. The fourth-order valence-electron chi connectivity index (χ4n) is 5.46. The van der Waals surface area contributed by atoms with E-state index in [-0.39, 0.29) is 30.8 Å². The second-order valence-corrected chi connectivity index (χ2v) is 11.7. The molecule has 2 atom stereocenters. The van der Waals surface area contributed by atoms with Crippen molar-refractivity contribution in [2.45, 2.75) is 89.9 Å². The van der Waals surface area contributed by atoms with Crippen LogP contribution in [-0.2, 0) is 16.1 Å². The maximum absolute atomic E-state index is 12.9. The summed E-state index contributed by atoms with van der Waals surface area (Å²) < 4.78 is 11.8. The Kier molecular flexibility index (Phi) is 9.86. The zero-order chi connectivity index (χ0) is 27.8. The quantitative estimate of drug-likeness (QED) is 0.361. The van der Waals surface area contributed by atoms with Crippen molar-refractivity contribution in [3.05, 3.63) is 54.1 Å². The van der Waals surface area contributed by atoms with E-state index in [1.807, 2.05) is 69.3 Å². The number of aliphatic imine (C=N–C) groups is 1. The van der Waals surface area contributed by atoms with Gasteiger partial charge >= 0.3 is 0 Å². The molecule has 0 spiro atoms. The number of hydrogen-bond donors (Lipinski definition) is 3. The number of guanidine groups is 1. The van der Waals surface area contributed by atoms with Gasteiger partial charge < -0.3 is 30.5 Å². The smallest absolute Gasteiger partial charge is 0.220 e. The summed E-state index contributed by atoms with van der Waals surface area (Å²) in [5.74, 6) is 2.41. The predicted molar refractivity (Wildman–Crippen MR) is 154 cm³/mol. The van der Waals surface area contributed by atoms with Gasteiger partial charge in [-0.1, -0.05) is 37.5 Å². The Hall–Kier alpha value is -3.10. The van der Waals surface area contributed by atoms with E-state index < -0.39 is 6.04 Å². The van der Waals surface area contributed by atoms with Gasteiger partial charge in [0.2, 0.25) is 5.91 Å². The van der Waals surface area contributed by atoms with E-state index in [2.05, 4.69) is 10.2 Å². The molecule has 2 unspecified atom stereocenters. The molecule has 4 N–H and O–H groups in total. The van der Waals surface area contributed by atoms with Crippen LogP contribution < -0.4 is 15.8 Å². The molecule has 39 heavy (non-hydrogen) atoms. The van der Waals surface area contributed by atoms with Gasteiger partial charge in [-0.2, -0.15) is 0 Å². The van der Waals surface area contributed by atoms with Crippen molar-refractivity contribution in [3.8, 4) is 11.5 Å². The molecule has 2 aromatic carbocycles. The third kappa shape index (κ3) is 8.44. The summed E-state index contributed by atoms with van der Waals surface area (Å²) in [6, 6.07) is 15.3. The summed E-state index contributed by atoms with van der Waals surface area (Å²) >= 11 is 0. The number of nitrogens with one attached hydrogen (secondary N) is 1. The number of aliphatic hydroxyl groups excluding tert-OH is 1. The Balaban J connectivity index is 1.45. The van der Waals surface area contributed by atoms with Gasteiger partial charge in [-0.3, -0.25) is 4.79 Å². The highest BCUT2D eigenvalue weighted by atomic mass is 16.5. The Morgan fingerprint density at radius 3 is 2.56 bits per heavy atom. The van der Waals surface area contributed by atoms with E-state index >= 15 is 0 Å². The normalized spacial score (nSPS) is 17.6. The Morgan fingerprint density at radius 1 is 1.13 bits per heavy atom. The number of carbonyl (C=O) groups excluding carboxylic acids is 1. The topological polar surface area (TPSA) is 109 Å². The molecule has 1 saturated carbocycles.